The molecule has 0 amide bonds. The average molecular weight is 425 g/mol. The summed E-state index contributed by atoms with van der Waals surface area (Å²) in [6.45, 7) is 0.221. The molecular weight excluding hydrogens is 410 g/mol. The zero-order valence-electron chi connectivity index (χ0n) is 14.6. The number of hydrogen-bond donors (Lipinski definition) is 1. The van der Waals surface area contributed by atoms with Gasteiger partial charge in [-0.05, 0) is 54.2 Å². The van der Waals surface area contributed by atoms with Crippen molar-refractivity contribution in [1.29, 1.82) is 0 Å². The molecule has 0 bridgehead atoms. The highest BCUT2D eigenvalue weighted by atomic mass is 35.5. The molecule has 0 spiro atoms. The van der Waals surface area contributed by atoms with Gasteiger partial charge in [0.1, 0.15) is 18.1 Å². The normalized spacial score (nSPS) is 11.3. The molecule has 3 aromatic rings. The predicted molar refractivity (Wildman–Crippen MR) is 104 cm³/mol. The number of hydrogen-bond acceptors (Lipinski definition) is 5. The second kappa shape index (κ2) is 8.94. The molecule has 2 aromatic carbocycles. The molecule has 146 valence electrons. The van der Waals surface area contributed by atoms with Crippen LogP contribution in [0.4, 0.5) is 8.78 Å². The van der Waals surface area contributed by atoms with Crippen LogP contribution in [0.25, 0.3) is 0 Å². The monoisotopic (exact) mass is 424 g/mol. The number of nitrogens with zero attached hydrogens (tertiary/aromatic N) is 3. The Morgan fingerprint density at radius 3 is 2.86 bits per heavy atom. The third kappa shape index (κ3) is 4.73. The zero-order chi connectivity index (χ0) is 20.1. The van der Waals surface area contributed by atoms with Gasteiger partial charge in [-0.25, -0.2) is 13.9 Å². The summed E-state index contributed by atoms with van der Waals surface area (Å²) in [6, 6.07) is 12.3. The maximum Gasteiger partial charge on any atom is 0.299 e. The molecule has 28 heavy (non-hydrogen) atoms. The van der Waals surface area contributed by atoms with Crippen molar-refractivity contribution in [3.8, 4) is 11.5 Å². The largest absolute Gasteiger partial charge is 0.496 e. The topological polar surface area (TPSA) is 64.4 Å². The number of benzene rings is 2. The minimum Gasteiger partial charge on any atom is -0.496 e. The fourth-order valence-corrected chi connectivity index (χ4v) is 2.76. The number of halogens is 3. The van der Waals surface area contributed by atoms with Crippen LogP contribution in [-0.4, -0.2) is 28.2 Å². The highest BCUT2D eigenvalue weighted by Gasteiger charge is 2.16. The molecule has 10 heteroatoms. The molecule has 1 aromatic heterocycles. The van der Waals surface area contributed by atoms with Gasteiger partial charge in [0, 0.05) is 10.6 Å². The number of alkyl halides is 2. The Bertz CT molecular complexity index is 1050. The molecule has 0 saturated heterocycles. The first kappa shape index (κ1) is 20.0. The molecule has 0 saturated carbocycles. The van der Waals surface area contributed by atoms with Gasteiger partial charge < -0.3 is 9.47 Å². The van der Waals surface area contributed by atoms with Crippen molar-refractivity contribution in [3.63, 3.8) is 0 Å². The Hall–Kier alpha value is -2.78. The van der Waals surface area contributed by atoms with Gasteiger partial charge in [0.05, 0.1) is 13.3 Å². The van der Waals surface area contributed by atoms with E-state index in [1.54, 1.807) is 49.6 Å². The summed E-state index contributed by atoms with van der Waals surface area (Å²) < 4.78 is 37.9. The van der Waals surface area contributed by atoms with E-state index in [4.69, 9.17) is 33.3 Å². The molecular formula is C18H15ClF2N4O2S. The first-order chi connectivity index (χ1) is 13.5. The summed E-state index contributed by atoms with van der Waals surface area (Å²) >= 11 is 10.9. The molecule has 0 aliphatic heterocycles. The standard InChI is InChI=1S/C18H15ClF2N4O2S/c1-26-15-6-5-11(9-22-25-17(16(20)21)23-24-18(25)28)7-12(15)10-27-14-4-2-3-13(19)8-14/h2-9,16H,10H2,1H3,(H,24,28)/b22-9-. The highest BCUT2D eigenvalue weighted by molar-refractivity contribution is 7.71. The molecule has 3 rings (SSSR count). The SMILES string of the molecule is COc1ccc(/C=N\n2c(C(F)F)n[nH]c2=S)cc1COc1cccc(Cl)c1. The van der Waals surface area contributed by atoms with Crippen molar-refractivity contribution >= 4 is 30.0 Å². The van der Waals surface area contributed by atoms with Gasteiger partial charge in [0.2, 0.25) is 10.6 Å². The highest BCUT2D eigenvalue weighted by Crippen LogP contribution is 2.23. The summed E-state index contributed by atoms with van der Waals surface area (Å²) in [6.07, 6.45) is -1.40. The minimum atomic E-state index is -2.80. The van der Waals surface area contributed by atoms with E-state index in [1.165, 1.54) is 6.21 Å². The summed E-state index contributed by atoms with van der Waals surface area (Å²) in [5.41, 5.74) is 1.39. The second-order valence-corrected chi connectivity index (χ2v) is 6.38. The fraction of sp³-hybridized carbons (Fsp3) is 0.167. The van der Waals surface area contributed by atoms with Gasteiger partial charge in [0.25, 0.3) is 6.43 Å². The maximum absolute atomic E-state index is 13.0. The van der Waals surface area contributed by atoms with Crippen LogP contribution in [0.1, 0.15) is 23.4 Å². The molecule has 0 aliphatic carbocycles. The van der Waals surface area contributed by atoms with E-state index in [1.807, 2.05) is 0 Å². The van der Waals surface area contributed by atoms with Crippen LogP contribution in [0.2, 0.25) is 5.02 Å². The van der Waals surface area contributed by atoms with E-state index in [9.17, 15) is 8.78 Å². The average Bonchev–Trinajstić information content (AvgIpc) is 3.05. The molecule has 1 heterocycles. The lowest BCUT2D eigenvalue weighted by atomic mass is 10.1. The molecule has 0 radical (unpaired) electrons. The van der Waals surface area contributed by atoms with E-state index < -0.39 is 12.2 Å². The van der Waals surface area contributed by atoms with Crippen LogP contribution in [-0.2, 0) is 6.61 Å². The fourth-order valence-electron chi connectivity index (χ4n) is 2.39. The number of methoxy groups -OCH3 is 1. The quantitative estimate of drug-likeness (QED) is 0.428. The summed E-state index contributed by atoms with van der Waals surface area (Å²) in [7, 11) is 1.55. The van der Waals surface area contributed by atoms with E-state index in [2.05, 4.69) is 15.3 Å². The molecule has 6 nitrogen and oxygen atoms in total. The van der Waals surface area contributed by atoms with Crippen molar-refractivity contribution in [2.24, 2.45) is 5.10 Å². The third-order valence-corrected chi connectivity index (χ3v) is 4.19. The Morgan fingerprint density at radius 1 is 1.32 bits per heavy atom. The third-order valence-electron chi connectivity index (χ3n) is 3.69. The number of aromatic amines is 1. The minimum absolute atomic E-state index is 0.0235. The molecule has 0 atom stereocenters. The summed E-state index contributed by atoms with van der Waals surface area (Å²) in [5, 5.41) is 10.3. The first-order valence-electron chi connectivity index (χ1n) is 8.03. The van der Waals surface area contributed by atoms with Crippen molar-refractivity contribution in [2.75, 3.05) is 7.11 Å². The lowest BCUT2D eigenvalue weighted by molar-refractivity contribution is 0.136. The van der Waals surface area contributed by atoms with Crippen molar-refractivity contribution in [2.45, 2.75) is 13.0 Å². The number of rotatable bonds is 7. The van der Waals surface area contributed by atoms with Gasteiger partial charge in [-0.2, -0.15) is 14.9 Å². The van der Waals surface area contributed by atoms with Crippen LogP contribution in [0.5, 0.6) is 11.5 Å². The Morgan fingerprint density at radius 2 is 2.14 bits per heavy atom. The van der Waals surface area contributed by atoms with Gasteiger partial charge in [-0.3, -0.25) is 0 Å². The van der Waals surface area contributed by atoms with E-state index in [0.29, 0.717) is 22.1 Å². The van der Waals surface area contributed by atoms with E-state index in [0.717, 1.165) is 10.2 Å². The molecule has 0 unspecified atom stereocenters. The van der Waals surface area contributed by atoms with Crippen molar-refractivity contribution in [1.82, 2.24) is 14.9 Å². The van der Waals surface area contributed by atoms with Crippen LogP contribution in [0.15, 0.2) is 47.6 Å². The van der Waals surface area contributed by atoms with E-state index >= 15 is 0 Å². The molecule has 1 N–H and O–H groups in total. The number of ether oxygens (including phenoxy) is 2. The Kier molecular flexibility index (Phi) is 6.37. The van der Waals surface area contributed by atoms with Crippen LogP contribution in [0.3, 0.4) is 0 Å². The first-order valence-corrected chi connectivity index (χ1v) is 8.81. The van der Waals surface area contributed by atoms with Gasteiger partial charge in [-0.1, -0.05) is 17.7 Å². The number of aromatic nitrogens is 3. The Balaban J connectivity index is 1.83. The summed E-state index contributed by atoms with van der Waals surface area (Å²) in [5.74, 6) is 0.673. The predicted octanol–water partition coefficient (Wildman–Crippen LogP) is 5.00. The zero-order valence-corrected chi connectivity index (χ0v) is 16.2. The van der Waals surface area contributed by atoms with Crippen molar-refractivity contribution < 1.29 is 18.3 Å². The lowest BCUT2D eigenvalue weighted by Gasteiger charge is -2.11. The lowest BCUT2D eigenvalue weighted by Crippen LogP contribution is -2.01. The van der Waals surface area contributed by atoms with Gasteiger partial charge >= 0.3 is 0 Å². The molecule has 0 aliphatic rings. The van der Waals surface area contributed by atoms with Crippen molar-refractivity contribution in [3.05, 3.63) is 69.2 Å². The smallest absolute Gasteiger partial charge is 0.299 e. The Labute approximate surface area is 169 Å². The van der Waals surface area contributed by atoms with E-state index in [-0.39, 0.29) is 11.4 Å². The van der Waals surface area contributed by atoms with Gasteiger partial charge in [0.15, 0.2) is 0 Å². The number of H-pyrrole nitrogens is 1. The van der Waals surface area contributed by atoms with Crippen LogP contribution in [0, 0.1) is 4.77 Å². The second-order valence-electron chi connectivity index (χ2n) is 5.56. The maximum atomic E-state index is 13.0. The van der Waals surface area contributed by atoms with Crippen LogP contribution >= 0.6 is 23.8 Å². The summed E-state index contributed by atoms with van der Waals surface area (Å²) in [4.78, 5) is 0. The molecule has 0 fully saturated rings. The number of nitrogens with one attached hydrogen (secondary N) is 1. The van der Waals surface area contributed by atoms with Gasteiger partial charge in [-0.15, -0.1) is 0 Å². The van der Waals surface area contributed by atoms with Crippen LogP contribution < -0.4 is 9.47 Å².